The average Bonchev–Trinajstić information content (AvgIpc) is 3.36. The molecule has 1 amide bonds. The van der Waals surface area contributed by atoms with Crippen LogP contribution in [-0.2, 0) is 13.0 Å². The number of imidazole rings is 1. The van der Waals surface area contributed by atoms with Crippen LogP contribution in [0.15, 0.2) is 71.3 Å². The van der Waals surface area contributed by atoms with E-state index in [0.717, 1.165) is 41.0 Å². The number of aryl methyl sites for hydroxylation is 1. The lowest BCUT2D eigenvalue weighted by Gasteiger charge is -2.07. The van der Waals surface area contributed by atoms with E-state index in [-0.39, 0.29) is 12.5 Å². The van der Waals surface area contributed by atoms with Gasteiger partial charge in [-0.3, -0.25) is 4.79 Å². The summed E-state index contributed by atoms with van der Waals surface area (Å²) in [5.74, 6) is 1.73. The van der Waals surface area contributed by atoms with Gasteiger partial charge in [0, 0.05) is 18.5 Å². The van der Waals surface area contributed by atoms with Gasteiger partial charge < -0.3 is 19.5 Å². The van der Waals surface area contributed by atoms with Gasteiger partial charge in [-0.1, -0.05) is 30.3 Å². The van der Waals surface area contributed by atoms with Gasteiger partial charge in [-0.05, 0) is 36.8 Å². The van der Waals surface area contributed by atoms with Gasteiger partial charge in [0.25, 0.3) is 5.91 Å². The van der Waals surface area contributed by atoms with E-state index in [1.165, 1.54) is 6.26 Å². The maximum absolute atomic E-state index is 12.4. The molecule has 6 nitrogen and oxygen atoms in total. The molecule has 0 saturated carbocycles. The third-order valence-corrected chi connectivity index (χ3v) is 4.40. The molecule has 0 aliphatic heterocycles. The molecule has 0 unspecified atom stereocenters. The second-order valence-electron chi connectivity index (χ2n) is 6.44. The van der Waals surface area contributed by atoms with E-state index in [4.69, 9.17) is 9.15 Å². The zero-order valence-electron chi connectivity index (χ0n) is 15.4. The number of carbonyl (C=O) groups excluding carboxylic acids is 1. The number of para-hydroxylation sites is 3. The Hall–Kier alpha value is -3.54. The summed E-state index contributed by atoms with van der Waals surface area (Å²) in [5.41, 5.74) is 2.71. The van der Waals surface area contributed by atoms with Gasteiger partial charge in [-0.25, -0.2) is 4.98 Å². The number of hydrogen-bond donors (Lipinski definition) is 2. The number of carbonyl (C=O) groups is 1. The van der Waals surface area contributed by atoms with E-state index in [1.54, 1.807) is 6.07 Å². The van der Waals surface area contributed by atoms with Crippen LogP contribution < -0.4 is 10.1 Å². The highest BCUT2D eigenvalue weighted by molar-refractivity contribution is 5.92. The standard InChI is InChI=1S/C22H21N3O3/c26-22(21-16(12-14-27-21)15-28-17-7-2-1-3-8-17)23-13-6-11-20-24-18-9-4-5-10-19(18)25-20/h1-5,7-10,12,14H,6,11,13,15H2,(H,23,26)(H,24,25). The molecule has 142 valence electrons. The Morgan fingerprint density at radius 1 is 1.07 bits per heavy atom. The van der Waals surface area contributed by atoms with Crippen LogP contribution in [0.2, 0.25) is 0 Å². The zero-order valence-corrected chi connectivity index (χ0v) is 15.4. The van der Waals surface area contributed by atoms with E-state index < -0.39 is 0 Å². The monoisotopic (exact) mass is 375 g/mol. The Morgan fingerprint density at radius 3 is 2.75 bits per heavy atom. The summed E-state index contributed by atoms with van der Waals surface area (Å²) < 4.78 is 11.1. The van der Waals surface area contributed by atoms with E-state index in [0.29, 0.717) is 12.3 Å². The predicted octanol–water partition coefficient (Wildman–Crippen LogP) is 4.10. The molecule has 0 atom stereocenters. The van der Waals surface area contributed by atoms with Crippen molar-refractivity contribution in [2.45, 2.75) is 19.4 Å². The molecule has 2 N–H and O–H groups in total. The van der Waals surface area contributed by atoms with Gasteiger partial charge in [-0.2, -0.15) is 0 Å². The fourth-order valence-electron chi connectivity index (χ4n) is 2.99. The Kier molecular flexibility index (Phi) is 5.38. The number of nitrogens with zero attached hydrogens (tertiary/aromatic N) is 1. The molecule has 4 aromatic rings. The van der Waals surface area contributed by atoms with Crippen molar-refractivity contribution < 1.29 is 13.9 Å². The van der Waals surface area contributed by atoms with Crippen molar-refractivity contribution in [3.8, 4) is 5.75 Å². The van der Waals surface area contributed by atoms with Crippen LogP contribution >= 0.6 is 0 Å². The smallest absolute Gasteiger partial charge is 0.287 e. The quantitative estimate of drug-likeness (QED) is 0.455. The van der Waals surface area contributed by atoms with Crippen LogP contribution in [0.25, 0.3) is 11.0 Å². The van der Waals surface area contributed by atoms with Gasteiger partial charge in [0.05, 0.1) is 17.3 Å². The molecular formula is C22H21N3O3. The summed E-state index contributed by atoms with van der Waals surface area (Å²) in [6.45, 7) is 0.817. The maximum atomic E-state index is 12.4. The van der Waals surface area contributed by atoms with E-state index in [1.807, 2.05) is 54.6 Å². The first-order chi connectivity index (χ1) is 13.8. The first-order valence-electron chi connectivity index (χ1n) is 9.25. The molecule has 0 saturated heterocycles. The molecule has 0 aliphatic carbocycles. The first kappa shape index (κ1) is 17.9. The molecule has 0 radical (unpaired) electrons. The fraction of sp³-hybridized carbons (Fsp3) is 0.182. The van der Waals surface area contributed by atoms with Gasteiger partial charge in [0.15, 0.2) is 5.76 Å². The molecule has 0 fully saturated rings. The molecule has 6 heteroatoms. The lowest BCUT2D eigenvalue weighted by molar-refractivity contribution is 0.0922. The second kappa shape index (κ2) is 8.43. The minimum atomic E-state index is -0.235. The lowest BCUT2D eigenvalue weighted by Crippen LogP contribution is -2.25. The fourth-order valence-corrected chi connectivity index (χ4v) is 2.99. The van der Waals surface area contributed by atoms with Crippen molar-refractivity contribution in [1.82, 2.24) is 15.3 Å². The zero-order chi connectivity index (χ0) is 19.2. The first-order valence-corrected chi connectivity index (χ1v) is 9.25. The summed E-state index contributed by atoms with van der Waals surface area (Å²) in [6.07, 6.45) is 3.05. The van der Waals surface area contributed by atoms with Crippen molar-refractivity contribution >= 4 is 16.9 Å². The number of ether oxygens (including phenoxy) is 1. The third kappa shape index (κ3) is 4.23. The number of nitrogens with one attached hydrogen (secondary N) is 2. The van der Waals surface area contributed by atoms with Crippen LogP contribution in [0.1, 0.15) is 28.4 Å². The normalized spacial score (nSPS) is 10.9. The molecule has 28 heavy (non-hydrogen) atoms. The van der Waals surface area contributed by atoms with Crippen LogP contribution in [0, 0.1) is 0 Å². The number of hydrogen-bond acceptors (Lipinski definition) is 4. The van der Waals surface area contributed by atoms with Crippen LogP contribution in [0.4, 0.5) is 0 Å². The van der Waals surface area contributed by atoms with Crippen LogP contribution in [-0.4, -0.2) is 22.4 Å². The summed E-state index contributed by atoms with van der Waals surface area (Å²) >= 11 is 0. The molecular weight excluding hydrogens is 354 g/mol. The number of fused-ring (bicyclic) bond motifs is 1. The van der Waals surface area contributed by atoms with Gasteiger partial charge in [-0.15, -0.1) is 0 Å². The third-order valence-electron chi connectivity index (χ3n) is 4.40. The van der Waals surface area contributed by atoms with Crippen molar-refractivity contribution in [2.75, 3.05) is 6.54 Å². The Bertz CT molecular complexity index is 1020. The Balaban J connectivity index is 1.26. The molecule has 2 aromatic heterocycles. The summed E-state index contributed by atoms with van der Waals surface area (Å²) in [6, 6.07) is 19.2. The maximum Gasteiger partial charge on any atom is 0.287 e. The van der Waals surface area contributed by atoms with Crippen LogP contribution in [0.3, 0.4) is 0 Å². The van der Waals surface area contributed by atoms with Crippen molar-refractivity contribution in [3.05, 3.63) is 84.1 Å². The second-order valence-corrected chi connectivity index (χ2v) is 6.44. The van der Waals surface area contributed by atoms with Gasteiger partial charge >= 0.3 is 0 Å². The van der Waals surface area contributed by atoms with Gasteiger partial charge in [0.2, 0.25) is 0 Å². The number of benzene rings is 2. The molecule has 0 spiro atoms. The van der Waals surface area contributed by atoms with Crippen molar-refractivity contribution in [1.29, 1.82) is 0 Å². The van der Waals surface area contributed by atoms with Crippen molar-refractivity contribution in [3.63, 3.8) is 0 Å². The number of H-pyrrole nitrogens is 1. The Labute approximate surface area is 162 Å². The number of rotatable bonds is 8. The highest BCUT2D eigenvalue weighted by Gasteiger charge is 2.15. The largest absolute Gasteiger partial charge is 0.489 e. The number of furan rings is 1. The SMILES string of the molecule is O=C(NCCCc1nc2ccccc2[nH]1)c1occc1COc1ccccc1. The van der Waals surface area contributed by atoms with Crippen molar-refractivity contribution in [2.24, 2.45) is 0 Å². The molecule has 2 aromatic carbocycles. The molecule has 0 aliphatic rings. The Morgan fingerprint density at radius 2 is 1.89 bits per heavy atom. The molecule has 0 bridgehead atoms. The van der Waals surface area contributed by atoms with E-state index in [2.05, 4.69) is 15.3 Å². The number of aromatic nitrogens is 2. The summed E-state index contributed by atoms with van der Waals surface area (Å²) in [5, 5.41) is 2.90. The van der Waals surface area contributed by atoms with Crippen LogP contribution in [0.5, 0.6) is 5.75 Å². The van der Waals surface area contributed by atoms with E-state index >= 15 is 0 Å². The highest BCUT2D eigenvalue weighted by atomic mass is 16.5. The summed E-state index contributed by atoms with van der Waals surface area (Å²) in [7, 11) is 0. The average molecular weight is 375 g/mol. The molecule has 2 heterocycles. The van der Waals surface area contributed by atoms with E-state index in [9.17, 15) is 4.79 Å². The van der Waals surface area contributed by atoms with Gasteiger partial charge in [0.1, 0.15) is 18.2 Å². The predicted molar refractivity (Wildman–Crippen MR) is 106 cm³/mol. The summed E-state index contributed by atoms with van der Waals surface area (Å²) in [4.78, 5) is 20.2. The number of amides is 1. The topological polar surface area (TPSA) is 80.2 Å². The minimum Gasteiger partial charge on any atom is -0.489 e. The minimum absolute atomic E-state index is 0.235. The number of aromatic amines is 1. The highest BCUT2D eigenvalue weighted by Crippen LogP contribution is 2.16. The molecule has 4 rings (SSSR count). The lowest BCUT2D eigenvalue weighted by atomic mass is 10.2.